The van der Waals surface area contributed by atoms with Crippen LogP contribution in [-0.2, 0) is 9.59 Å². The summed E-state index contributed by atoms with van der Waals surface area (Å²) in [6.07, 6.45) is 1.69. The van der Waals surface area contributed by atoms with Crippen molar-refractivity contribution in [3.63, 3.8) is 0 Å². The highest BCUT2D eigenvalue weighted by atomic mass is 32.2. The van der Waals surface area contributed by atoms with Gasteiger partial charge in [0.1, 0.15) is 10.1 Å². The number of hydrogen-bond donors (Lipinski definition) is 1. The lowest BCUT2D eigenvalue weighted by Gasteiger charge is -2.23. The minimum atomic E-state index is -1.15. The van der Waals surface area contributed by atoms with E-state index in [4.69, 9.17) is 17.0 Å². The first kappa shape index (κ1) is 18.2. The van der Waals surface area contributed by atoms with Gasteiger partial charge in [-0.3, -0.25) is 9.69 Å². The number of ether oxygens (including phenoxy) is 1. The first-order valence-electron chi connectivity index (χ1n) is 7.70. The average molecular weight is 385 g/mol. The molecule has 0 spiro atoms. The number of nitrogens with zero attached hydrogens (tertiary/aromatic N) is 1. The second-order valence-electron chi connectivity index (χ2n) is 5.48. The first-order chi connectivity index (χ1) is 12.5. The van der Waals surface area contributed by atoms with Crippen LogP contribution in [0.1, 0.15) is 17.2 Å². The summed E-state index contributed by atoms with van der Waals surface area (Å²) in [6, 6.07) is 14.7. The normalized spacial score (nSPS) is 16.8. The summed E-state index contributed by atoms with van der Waals surface area (Å²) in [5.41, 5.74) is 1.27. The molecule has 2 aromatic rings. The van der Waals surface area contributed by atoms with Gasteiger partial charge in [-0.25, -0.2) is 4.79 Å². The Morgan fingerprint density at radius 1 is 1.23 bits per heavy atom. The van der Waals surface area contributed by atoms with E-state index in [0.29, 0.717) is 16.2 Å². The second-order valence-corrected chi connectivity index (χ2v) is 7.16. The zero-order valence-corrected chi connectivity index (χ0v) is 15.4. The SMILES string of the molecule is COc1cccc(/C=C2/SC(=S)N([C@H](C(=O)O)c3ccccc3)C2=O)c1. The van der Waals surface area contributed by atoms with Crippen molar-refractivity contribution in [1.82, 2.24) is 4.90 Å². The minimum absolute atomic E-state index is 0.223. The van der Waals surface area contributed by atoms with Crippen LogP contribution >= 0.6 is 24.0 Å². The Morgan fingerprint density at radius 2 is 1.96 bits per heavy atom. The molecular weight excluding hydrogens is 370 g/mol. The van der Waals surface area contributed by atoms with E-state index >= 15 is 0 Å². The third-order valence-corrected chi connectivity index (χ3v) is 5.15. The van der Waals surface area contributed by atoms with Crippen molar-refractivity contribution in [1.29, 1.82) is 0 Å². The molecule has 0 saturated carbocycles. The number of carboxylic acids is 1. The van der Waals surface area contributed by atoms with Gasteiger partial charge in [0, 0.05) is 0 Å². The first-order valence-corrected chi connectivity index (χ1v) is 8.92. The molecule has 0 aromatic heterocycles. The number of thiocarbonyl (C=S) groups is 1. The predicted octanol–water partition coefficient (Wildman–Crippen LogP) is 3.72. The lowest BCUT2D eigenvalue weighted by Crippen LogP contribution is -2.37. The Balaban J connectivity index is 1.95. The molecule has 26 heavy (non-hydrogen) atoms. The molecular formula is C19H15NO4S2. The third kappa shape index (κ3) is 3.63. The van der Waals surface area contributed by atoms with E-state index in [1.165, 1.54) is 0 Å². The van der Waals surface area contributed by atoms with E-state index < -0.39 is 17.9 Å². The molecule has 1 saturated heterocycles. The lowest BCUT2D eigenvalue weighted by atomic mass is 10.1. The van der Waals surface area contributed by atoms with Crippen LogP contribution in [0, 0.1) is 0 Å². The van der Waals surface area contributed by atoms with Crippen LogP contribution in [0.4, 0.5) is 0 Å². The summed E-state index contributed by atoms with van der Waals surface area (Å²) >= 11 is 6.39. The molecule has 0 radical (unpaired) electrons. The summed E-state index contributed by atoms with van der Waals surface area (Å²) in [4.78, 5) is 26.2. The van der Waals surface area contributed by atoms with Crippen LogP contribution in [0.2, 0.25) is 0 Å². The number of hydrogen-bond acceptors (Lipinski definition) is 5. The standard InChI is InChI=1S/C19H15NO4S2/c1-24-14-9-5-6-12(10-14)11-15-17(21)20(19(25)26-15)16(18(22)23)13-7-3-2-4-8-13/h2-11,16H,1H3,(H,22,23)/b15-11+/t16-/m0/s1. The van der Waals surface area contributed by atoms with Gasteiger partial charge in [-0.05, 0) is 29.3 Å². The molecule has 1 aliphatic rings. The molecule has 2 aromatic carbocycles. The number of rotatable bonds is 5. The molecule has 1 heterocycles. The van der Waals surface area contributed by atoms with Crippen molar-refractivity contribution >= 4 is 46.3 Å². The lowest BCUT2D eigenvalue weighted by molar-refractivity contribution is -0.145. The Hall–Kier alpha value is -2.64. The number of methoxy groups -OCH3 is 1. The number of carboxylic acid groups (broad SMARTS) is 1. The predicted molar refractivity (Wildman–Crippen MR) is 105 cm³/mol. The summed E-state index contributed by atoms with van der Waals surface area (Å²) in [6.45, 7) is 0. The van der Waals surface area contributed by atoms with Gasteiger partial charge in [0.05, 0.1) is 12.0 Å². The Kier molecular flexibility index (Phi) is 5.39. The van der Waals surface area contributed by atoms with Crippen LogP contribution in [-0.4, -0.2) is 33.3 Å². The molecule has 0 aliphatic carbocycles. The fourth-order valence-corrected chi connectivity index (χ4v) is 3.94. The summed E-state index contributed by atoms with van der Waals surface area (Å²) < 4.78 is 5.40. The summed E-state index contributed by atoms with van der Waals surface area (Å²) in [5, 5.41) is 9.67. The highest BCUT2D eigenvalue weighted by Gasteiger charge is 2.41. The zero-order valence-electron chi connectivity index (χ0n) is 13.8. The molecule has 1 fully saturated rings. The van der Waals surface area contributed by atoms with Crippen molar-refractivity contribution in [3.05, 3.63) is 70.6 Å². The Labute approximate surface area is 160 Å². The molecule has 5 nitrogen and oxygen atoms in total. The van der Waals surface area contributed by atoms with Crippen LogP contribution in [0.5, 0.6) is 5.75 Å². The summed E-state index contributed by atoms with van der Waals surface area (Å²) in [7, 11) is 1.57. The van der Waals surface area contributed by atoms with E-state index in [-0.39, 0.29) is 4.32 Å². The smallest absolute Gasteiger partial charge is 0.331 e. The highest BCUT2D eigenvalue weighted by molar-refractivity contribution is 8.26. The van der Waals surface area contributed by atoms with E-state index in [1.54, 1.807) is 55.7 Å². The van der Waals surface area contributed by atoms with Crippen molar-refractivity contribution in [2.45, 2.75) is 6.04 Å². The van der Waals surface area contributed by atoms with E-state index in [1.807, 2.05) is 12.1 Å². The quantitative estimate of drug-likeness (QED) is 0.625. The summed E-state index contributed by atoms with van der Waals surface area (Å²) in [5.74, 6) is -0.879. The van der Waals surface area contributed by atoms with Gasteiger partial charge in [0.25, 0.3) is 5.91 Å². The maximum absolute atomic E-state index is 12.8. The Morgan fingerprint density at radius 3 is 2.62 bits per heavy atom. The number of carbonyl (C=O) groups excluding carboxylic acids is 1. The molecule has 0 bridgehead atoms. The van der Waals surface area contributed by atoms with Gasteiger partial charge in [0.2, 0.25) is 0 Å². The molecule has 1 atom stereocenters. The highest BCUT2D eigenvalue weighted by Crippen LogP contribution is 2.38. The van der Waals surface area contributed by atoms with Gasteiger partial charge in [-0.1, -0.05) is 66.4 Å². The third-order valence-electron chi connectivity index (χ3n) is 3.82. The van der Waals surface area contributed by atoms with Crippen molar-refractivity contribution in [2.75, 3.05) is 7.11 Å². The topological polar surface area (TPSA) is 66.8 Å². The van der Waals surface area contributed by atoms with Crippen LogP contribution < -0.4 is 4.74 Å². The van der Waals surface area contributed by atoms with E-state index in [9.17, 15) is 14.7 Å². The van der Waals surface area contributed by atoms with Crippen LogP contribution in [0.25, 0.3) is 6.08 Å². The maximum Gasteiger partial charge on any atom is 0.331 e. The van der Waals surface area contributed by atoms with Crippen molar-refractivity contribution < 1.29 is 19.4 Å². The molecule has 7 heteroatoms. The number of amides is 1. The Bertz CT molecular complexity index is 895. The number of benzene rings is 2. The maximum atomic E-state index is 12.8. The second kappa shape index (κ2) is 7.72. The zero-order chi connectivity index (χ0) is 18.7. The van der Waals surface area contributed by atoms with Crippen LogP contribution in [0.3, 0.4) is 0 Å². The van der Waals surface area contributed by atoms with E-state index in [0.717, 1.165) is 22.2 Å². The molecule has 3 rings (SSSR count). The van der Waals surface area contributed by atoms with Crippen molar-refractivity contribution in [3.8, 4) is 5.75 Å². The molecule has 1 N–H and O–H groups in total. The fraction of sp³-hybridized carbons (Fsp3) is 0.105. The molecule has 1 amide bonds. The monoisotopic (exact) mass is 385 g/mol. The number of aliphatic carboxylic acids is 1. The van der Waals surface area contributed by atoms with Crippen molar-refractivity contribution in [2.24, 2.45) is 0 Å². The molecule has 1 aliphatic heterocycles. The average Bonchev–Trinajstić information content (AvgIpc) is 2.90. The number of thioether (sulfide) groups is 1. The fourth-order valence-electron chi connectivity index (χ4n) is 2.62. The number of carbonyl (C=O) groups is 2. The van der Waals surface area contributed by atoms with E-state index in [2.05, 4.69) is 0 Å². The van der Waals surface area contributed by atoms with Gasteiger partial charge < -0.3 is 9.84 Å². The van der Waals surface area contributed by atoms with Gasteiger partial charge >= 0.3 is 5.97 Å². The van der Waals surface area contributed by atoms with Gasteiger partial charge in [-0.2, -0.15) is 0 Å². The minimum Gasteiger partial charge on any atom is -0.497 e. The largest absolute Gasteiger partial charge is 0.497 e. The van der Waals surface area contributed by atoms with Gasteiger partial charge in [0.15, 0.2) is 6.04 Å². The van der Waals surface area contributed by atoms with Crippen LogP contribution in [0.15, 0.2) is 59.5 Å². The molecule has 0 unspecified atom stereocenters. The van der Waals surface area contributed by atoms with Gasteiger partial charge in [-0.15, -0.1) is 0 Å². The molecule has 132 valence electrons.